The second kappa shape index (κ2) is 17.5. The number of nitrogens with zero attached hydrogens (tertiary/aromatic N) is 4. The summed E-state index contributed by atoms with van der Waals surface area (Å²) in [4.78, 5) is 4.75. The number of para-hydroxylation sites is 1. The van der Waals surface area contributed by atoms with Crippen LogP contribution in [0.1, 0.15) is 17.0 Å². The molecular formula is C59H42N4OPt. The van der Waals surface area contributed by atoms with Gasteiger partial charge in [0.05, 0.1) is 5.69 Å². The van der Waals surface area contributed by atoms with E-state index in [1.54, 1.807) is 0 Å². The second-order valence-corrected chi connectivity index (χ2v) is 16.1. The molecule has 0 aliphatic rings. The van der Waals surface area contributed by atoms with Gasteiger partial charge < -0.3 is 9.30 Å². The Kier molecular flexibility index (Phi) is 11.2. The van der Waals surface area contributed by atoms with Gasteiger partial charge in [-0.1, -0.05) is 145 Å². The molecule has 0 spiro atoms. The fourth-order valence-electron chi connectivity index (χ4n) is 9.22. The summed E-state index contributed by atoms with van der Waals surface area (Å²) in [5, 5.41) is 7.50. The van der Waals surface area contributed by atoms with Crippen molar-refractivity contribution in [1.29, 1.82) is 0 Å². The molecule has 0 aliphatic heterocycles. The van der Waals surface area contributed by atoms with E-state index in [0.717, 1.165) is 94.8 Å². The third-order valence-electron chi connectivity index (χ3n) is 12.1. The maximum atomic E-state index is 6.61. The van der Waals surface area contributed by atoms with Crippen molar-refractivity contribution in [2.75, 3.05) is 0 Å². The van der Waals surface area contributed by atoms with Crippen molar-refractivity contribution in [2.45, 2.75) is 20.8 Å². The molecule has 0 bridgehead atoms. The fourth-order valence-corrected chi connectivity index (χ4v) is 9.22. The van der Waals surface area contributed by atoms with Gasteiger partial charge in [0.25, 0.3) is 0 Å². The molecule has 0 N–H and O–H groups in total. The maximum Gasteiger partial charge on any atom is 2.00 e. The zero-order chi connectivity index (χ0) is 43.1. The predicted molar refractivity (Wildman–Crippen MR) is 261 cm³/mol. The molecule has 0 saturated heterocycles. The zero-order valence-corrected chi connectivity index (χ0v) is 38.3. The molecule has 0 amide bonds. The van der Waals surface area contributed by atoms with E-state index in [2.05, 4.69) is 201 Å². The molecule has 314 valence electrons. The molecule has 5 nitrogen and oxygen atoms in total. The minimum atomic E-state index is 0. The van der Waals surface area contributed by atoms with Crippen LogP contribution < -0.4 is 4.74 Å². The Bertz CT molecular complexity index is 3490. The average Bonchev–Trinajstić information content (AvgIpc) is 3.83. The summed E-state index contributed by atoms with van der Waals surface area (Å²) < 4.78 is 10.8. The van der Waals surface area contributed by atoms with E-state index >= 15 is 0 Å². The largest absolute Gasteiger partial charge is 2.00 e. The first-order valence-electron chi connectivity index (χ1n) is 21.6. The molecule has 0 aliphatic carbocycles. The Morgan fingerprint density at radius 1 is 0.477 bits per heavy atom. The summed E-state index contributed by atoms with van der Waals surface area (Å²) in [6.07, 6.45) is 1.85. The Hall–Kier alpha value is -7.59. The smallest absolute Gasteiger partial charge is 0.509 e. The summed E-state index contributed by atoms with van der Waals surface area (Å²) >= 11 is 0. The van der Waals surface area contributed by atoms with E-state index in [1.807, 2.05) is 41.2 Å². The number of ether oxygens (including phenoxy) is 1. The number of hydrogen-bond acceptors (Lipinski definition) is 3. The third-order valence-corrected chi connectivity index (χ3v) is 12.1. The third kappa shape index (κ3) is 7.58. The van der Waals surface area contributed by atoms with Crippen molar-refractivity contribution >= 4 is 21.8 Å². The molecule has 6 heteroatoms. The Balaban J connectivity index is 0.00000498. The van der Waals surface area contributed by atoms with E-state index in [9.17, 15) is 0 Å². The minimum Gasteiger partial charge on any atom is -0.509 e. The van der Waals surface area contributed by atoms with Crippen molar-refractivity contribution in [1.82, 2.24) is 19.3 Å². The molecule has 0 fully saturated rings. The van der Waals surface area contributed by atoms with Gasteiger partial charge >= 0.3 is 21.1 Å². The summed E-state index contributed by atoms with van der Waals surface area (Å²) in [6.45, 7) is 6.36. The molecule has 11 rings (SSSR count). The van der Waals surface area contributed by atoms with Crippen LogP contribution in [0.5, 0.6) is 11.5 Å². The topological polar surface area (TPSA) is 44.9 Å². The van der Waals surface area contributed by atoms with Gasteiger partial charge in [0.2, 0.25) is 0 Å². The van der Waals surface area contributed by atoms with Crippen LogP contribution in [0.25, 0.3) is 88.9 Å². The zero-order valence-electron chi connectivity index (χ0n) is 36.1. The van der Waals surface area contributed by atoms with Gasteiger partial charge in [0.15, 0.2) is 0 Å². The van der Waals surface area contributed by atoms with Crippen LogP contribution in [0, 0.1) is 32.9 Å². The number of hydrogen-bond donors (Lipinski definition) is 0. The SMILES string of the molecule is Cc1ccnc(-n2c3[c-]c(Oc4[c-]c(-n5nc(C)c(-c6c(-c7ccccc7)cc(-c7ccccc7)c(-c7ccccc7)c6-c6ccccc6)c5C)ccc4)ccc3c3ccccc32)c1.[Pt+2]. The molecule has 65 heavy (non-hydrogen) atoms. The van der Waals surface area contributed by atoms with Crippen LogP contribution in [-0.4, -0.2) is 19.3 Å². The van der Waals surface area contributed by atoms with Crippen molar-refractivity contribution in [3.05, 3.63) is 229 Å². The molecule has 0 atom stereocenters. The number of fused-ring (bicyclic) bond motifs is 3. The number of pyridine rings is 1. The van der Waals surface area contributed by atoms with Gasteiger partial charge in [-0.05, 0) is 106 Å². The molecule has 0 radical (unpaired) electrons. The molecular weight excluding hydrogens is 976 g/mol. The van der Waals surface area contributed by atoms with Crippen LogP contribution in [0.2, 0.25) is 0 Å². The summed E-state index contributed by atoms with van der Waals surface area (Å²) in [5.41, 5.74) is 17.2. The monoisotopic (exact) mass is 1020 g/mol. The first kappa shape index (κ1) is 41.4. The van der Waals surface area contributed by atoms with E-state index in [-0.39, 0.29) is 21.1 Å². The molecule has 11 aromatic rings. The Morgan fingerprint density at radius 2 is 1.06 bits per heavy atom. The minimum absolute atomic E-state index is 0. The summed E-state index contributed by atoms with van der Waals surface area (Å²) in [5.74, 6) is 1.98. The van der Waals surface area contributed by atoms with Crippen LogP contribution in [0.15, 0.2) is 200 Å². The van der Waals surface area contributed by atoms with Crippen LogP contribution in [-0.2, 0) is 21.1 Å². The fraction of sp³-hybridized carbons (Fsp3) is 0.0508. The Morgan fingerprint density at radius 3 is 1.72 bits per heavy atom. The first-order chi connectivity index (χ1) is 31.5. The number of aryl methyl sites for hydroxylation is 2. The molecule has 8 aromatic carbocycles. The van der Waals surface area contributed by atoms with Crippen LogP contribution in [0.3, 0.4) is 0 Å². The molecule has 0 saturated carbocycles. The predicted octanol–water partition coefficient (Wildman–Crippen LogP) is 15.0. The van der Waals surface area contributed by atoms with E-state index in [1.165, 1.54) is 11.1 Å². The normalized spacial score (nSPS) is 11.2. The van der Waals surface area contributed by atoms with Gasteiger partial charge in [0.1, 0.15) is 5.82 Å². The summed E-state index contributed by atoms with van der Waals surface area (Å²) in [6, 6.07) is 75.1. The van der Waals surface area contributed by atoms with Gasteiger partial charge in [-0.2, -0.15) is 17.2 Å². The van der Waals surface area contributed by atoms with Gasteiger partial charge in [-0.3, -0.25) is 4.68 Å². The van der Waals surface area contributed by atoms with Crippen molar-refractivity contribution in [3.8, 4) is 78.6 Å². The van der Waals surface area contributed by atoms with Gasteiger partial charge in [-0.25, -0.2) is 4.98 Å². The summed E-state index contributed by atoms with van der Waals surface area (Å²) in [7, 11) is 0. The second-order valence-electron chi connectivity index (χ2n) is 16.1. The van der Waals surface area contributed by atoms with E-state index < -0.39 is 0 Å². The van der Waals surface area contributed by atoms with Gasteiger partial charge in [0, 0.05) is 40.0 Å². The number of aromatic nitrogens is 4. The quantitative estimate of drug-likeness (QED) is 0.135. The van der Waals surface area contributed by atoms with Crippen molar-refractivity contribution < 1.29 is 25.8 Å². The number of rotatable bonds is 9. The molecule has 3 heterocycles. The van der Waals surface area contributed by atoms with Crippen LogP contribution >= 0.6 is 0 Å². The van der Waals surface area contributed by atoms with Crippen molar-refractivity contribution in [3.63, 3.8) is 0 Å². The first-order valence-corrected chi connectivity index (χ1v) is 21.6. The van der Waals surface area contributed by atoms with Gasteiger partial charge in [-0.15, -0.1) is 35.7 Å². The molecule has 0 unspecified atom stereocenters. The average molecular weight is 1020 g/mol. The van der Waals surface area contributed by atoms with E-state index in [0.29, 0.717) is 11.5 Å². The molecule has 3 aromatic heterocycles. The Labute approximate surface area is 393 Å². The number of benzene rings is 8. The van der Waals surface area contributed by atoms with E-state index in [4.69, 9.17) is 14.8 Å². The standard InChI is InChI=1S/C59H42N4O.Pt/c1-39-33-34-60-55(35-39)62-53-30-17-16-29-49(53)50-32-31-48(37-54(50)62)64-47-28-18-27-46(36-47)63-41(3)56(40(2)61-63)59-52(43-21-10-5-11-22-43)38-51(42-19-8-4-9-20-42)57(44-23-12-6-13-24-44)58(59)45-25-14-7-15-26-45;/h4-35,38H,1-3H3;/q-2;+2. The van der Waals surface area contributed by atoms with Crippen molar-refractivity contribution in [2.24, 2.45) is 0 Å². The maximum absolute atomic E-state index is 6.61. The van der Waals surface area contributed by atoms with Crippen LogP contribution in [0.4, 0.5) is 0 Å².